The van der Waals surface area contributed by atoms with Crippen molar-refractivity contribution < 1.29 is 4.74 Å². The average Bonchev–Trinajstić information content (AvgIpc) is 2.43. The predicted octanol–water partition coefficient (Wildman–Crippen LogP) is 3.55. The maximum absolute atomic E-state index is 6.20. The number of ether oxygens (including phenoxy) is 1. The number of rotatable bonds is 4. The zero-order valence-corrected chi connectivity index (χ0v) is 11.9. The van der Waals surface area contributed by atoms with Crippen molar-refractivity contribution in [1.82, 2.24) is 5.43 Å². The van der Waals surface area contributed by atoms with Crippen LogP contribution in [0.15, 0.2) is 42.5 Å². The van der Waals surface area contributed by atoms with Crippen molar-refractivity contribution in [1.29, 1.82) is 0 Å². The van der Waals surface area contributed by atoms with Crippen LogP contribution < -0.4 is 16.0 Å². The fraction of sp³-hybridized carbons (Fsp3) is 0.143. The lowest BCUT2D eigenvalue weighted by Crippen LogP contribution is -2.29. The van der Waals surface area contributed by atoms with E-state index in [-0.39, 0.29) is 6.04 Å². The lowest BCUT2D eigenvalue weighted by molar-refractivity contribution is 0.414. The van der Waals surface area contributed by atoms with Gasteiger partial charge in [-0.1, -0.05) is 47.5 Å². The minimum atomic E-state index is -0.222. The van der Waals surface area contributed by atoms with Crippen LogP contribution in [0.4, 0.5) is 0 Å². The Balaban J connectivity index is 2.45. The van der Waals surface area contributed by atoms with Crippen LogP contribution in [0.25, 0.3) is 0 Å². The molecule has 0 heterocycles. The van der Waals surface area contributed by atoms with Crippen molar-refractivity contribution in [3.63, 3.8) is 0 Å². The number of nitrogens with one attached hydrogen (secondary N) is 1. The summed E-state index contributed by atoms with van der Waals surface area (Å²) in [6.07, 6.45) is 0. The fourth-order valence-electron chi connectivity index (χ4n) is 1.93. The van der Waals surface area contributed by atoms with E-state index >= 15 is 0 Å². The summed E-state index contributed by atoms with van der Waals surface area (Å²) in [4.78, 5) is 0. The second kappa shape index (κ2) is 6.26. The zero-order valence-electron chi connectivity index (χ0n) is 10.4. The molecule has 2 rings (SSSR count). The van der Waals surface area contributed by atoms with Crippen LogP contribution in [0.1, 0.15) is 17.2 Å². The quantitative estimate of drug-likeness (QED) is 0.670. The molecule has 0 aliphatic heterocycles. The van der Waals surface area contributed by atoms with E-state index in [4.69, 9.17) is 33.8 Å². The van der Waals surface area contributed by atoms with Gasteiger partial charge in [-0.15, -0.1) is 0 Å². The molecule has 1 atom stereocenters. The number of hydrogen-bond acceptors (Lipinski definition) is 3. The molecule has 0 fully saturated rings. The molecule has 2 aromatic rings. The Bertz CT molecular complexity index is 575. The minimum absolute atomic E-state index is 0.222. The fourth-order valence-corrected chi connectivity index (χ4v) is 2.37. The summed E-state index contributed by atoms with van der Waals surface area (Å²) in [7, 11) is 1.57. The van der Waals surface area contributed by atoms with Crippen LogP contribution in [0.2, 0.25) is 10.0 Å². The van der Waals surface area contributed by atoms with Gasteiger partial charge >= 0.3 is 0 Å². The molecule has 0 aliphatic carbocycles. The Hall–Kier alpha value is -1.26. The predicted molar refractivity (Wildman–Crippen MR) is 78.6 cm³/mol. The number of halogens is 2. The van der Waals surface area contributed by atoms with E-state index in [1.807, 2.05) is 36.4 Å². The van der Waals surface area contributed by atoms with Crippen LogP contribution in [-0.4, -0.2) is 7.11 Å². The van der Waals surface area contributed by atoms with Gasteiger partial charge in [0.1, 0.15) is 5.75 Å². The molecule has 0 aliphatic rings. The maximum Gasteiger partial charge on any atom is 0.137 e. The lowest BCUT2D eigenvalue weighted by atomic mass is 9.99. The molecule has 19 heavy (non-hydrogen) atoms. The van der Waals surface area contributed by atoms with Crippen LogP contribution in [0, 0.1) is 0 Å². The van der Waals surface area contributed by atoms with E-state index < -0.39 is 0 Å². The normalized spacial score (nSPS) is 12.2. The zero-order chi connectivity index (χ0) is 13.8. The first kappa shape index (κ1) is 14.2. The summed E-state index contributed by atoms with van der Waals surface area (Å²) in [6, 6.07) is 12.8. The number of hydrogen-bond donors (Lipinski definition) is 2. The minimum Gasteiger partial charge on any atom is -0.495 e. The van der Waals surface area contributed by atoms with Crippen molar-refractivity contribution in [2.24, 2.45) is 5.84 Å². The van der Waals surface area contributed by atoms with Crippen LogP contribution in [0.3, 0.4) is 0 Å². The van der Waals surface area contributed by atoms with E-state index in [0.717, 1.165) is 11.1 Å². The summed E-state index contributed by atoms with van der Waals surface area (Å²) in [6.45, 7) is 0. The first-order valence-electron chi connectivity index (χ1n) is 5.71. The molecule has 0 spiro atoms. The van der Waals surface area contributed by atoms with E-state index in [9.17, 15) is 0 Å². The highest BCUT2D eigenvalue weighted by atomic mass is 35.5. The van der Waals surface area contributed by atoms with Gasteiger partial charge in [0.25, 0.3) is 0 Å². The molecule has 0 radical (unpaired) electrons. The highest BCUT2D eigenvalue weighted by Crippen LogP contribution is 2.32. The van der Waals surface area contributed by atoms with E-state index in [2.05, 4.69) is 5.43 Å². The largest absolute Gasteiger partial charge is 0.495 e. The highest BCUT2D eigenvalue weighted by Gasteiger charge is 2.16. The number of hydrazine groups is 1. The second-order valence-electron chi connectivity index (χ2n) is 4.02. The standard InChI is InChI=1S/C14H14Cl2N2O/c1-19-13-8-9(6-7-12(13)16)14(18-17)10-4-2-3-5-11(10)15/h2-8,14,18H,17H2,1H3. The molecule has 0 bridgehead atoms. The van der Waals surface area contributed by atoms with Gasteiger partial charge in [-0.3, -0.25) is 5.84 Å². The lowest BCUT2D eigenvalue weighted by Gasteiger charge is -2.19. The third kappa shape index (κ3) is 3.01. The van der Waals surface area contributed by atoms with Crippen molar-refractivity contribution >= 4 is 23.2 Å². The number of nitrogens with two attached hydrogens (primary N) is 1. The summed E-state index contributed by atoms with van der Waals surface area (Å²) >= 11 is 12.2. The third-order valence-electron chi connectivity index (χ3n) is 2.89. The molecule has 0 aromatic heterocycles. The van der Waals surface area contributed by atoms with Gasteiger partial charge in [-0.25, -0.2) is 5.43 Å². The monoisotopic (exact) mass is 296 g/mol. The van der Waals surface area contributed by atoms with Crippen molar-refractivity contribution in [3.8, 4) is 5.75 Å². The number of benzene rings is 2. The first-order valence-corrected chi connectivity index (χ1v) is 6.47. The van der Waals surface area contributed by atoms with Gasteiger partial charge in [0.05, 0.1) is 18.2 Å². The van der Waals surface area contributed by atoms with Crippen molar-refractivity contribution in [3.05, 3.63) is 63.6 Å². The summed E-state index contributed by atoms with van der Waals surface area (Å²) < 4.78 is 5.21. The second-order valence-corrected chi connectivity index (χ2v) is 4.83. The van der Waals surface area contributed by atoms with Gasteiger partial charge in [0.15, 0.2) is 0 Å². The molecule has 3 N–H and O–H groups in total. The van der Waals surface area contributed by atoms with Gasteiger partial charge in [-0.2, -0.15) is 0 Å². The topological polar surface area (TPSA) is 47.3 Å². The summed E-state index contributed by atoms with van der Waals surface area (Å²) in [5.41, 5.74) is 4.59. The van der Waals surface area contributed by atoms with Gasteiger partial charge < -0.3 is 4.74 Å². The first-order chi connectivity index (χ1) is 9.17. The molecule has 0 saturated heterocycles. The summed E-state index contributed by atoms with van der Waals surface area (Å²) in [5, 5.41) is 1.21. The molecule has 100 valence electrons. The van der Waals surface area contributed by atoms with Gasteiger partial charge in [0.2, 0.25) is 0 Å². The molecule has 2 aromatic carbocycles. The van der Waals surface area contributed by atoms with Gasteiger partial charge in [-0.05, 0) is 29.3 Å². The summed E-state index contributed by atoms with van der Waals surface area (Å²) in [5.74, 6) is 6.26. The van der Waals surface area contributed by atoms with Crippen LogP contribution in [0.5, 0.6) is 5.75 Å². The van der Waals surface area contributed by atoms with Crippen LogP contribution >= 0.6 is 23.2 Å². The molecular weight excluding hydrogens is 283 g/mol. The Morgan fingerprint density at radius 2 is 1.84 bits per heavy atom. The molecule has 1 unspecified atom stereocenters. The van der Waals surface area contributed by atoms with Crippen molar-refractivity contribution in [2.45, 2.75) is 6.04 Å². The third-order valence-corrected chi connectivity index (χ3v) is 3.55. The Labute approximate surface area is 122 Å². The molecule has 5 heteroatoms. The van der Waals surface area contributed by atoms with E-state index in [0.29, 0.717) is 15.8 Å². The average molecular weight is 297 g/mol. The Morgan fingerprint density at radius 1 is 1.11 bits per heavy atom. The Morgan fingerprint density at radius 3 is 2.47 bits per heavy atom. The van der Waals surface area contributed by atoms with Gasteiger partial charge in [0, 0.05) is 5.02 Å². The number of methoxy groups -OCH3 is 1. The molecule has 0 saturated carbocycles. The van der Waals surface area contributed by atoms with Crippen molar-refractivity contribution in [2.75, 3.05) is 7.11 Å². The van der Waals surface area contributed by atoms with Crippen LogP contribution in [-0.2, 0) is 0 Å². The van der Waals surface area contributed by atoms with E-state index in [1.165, 1.54) is 0 Å². The smallest absolute Gasteiger partial charge is 0.137 e. The Kier molecular flexibility index (Phi) is 4.66. The SMILES string of the molecule is COc1cc(C(NN)c2ccccc2Cl)ccc1Cl. The molecule has 0 amide bonds. The van der Waals surface area contributed by atoms with E-state index in [1.54, 1.807) is 13.2 Å². The molecule has 3 nitrogen and oxygen atoms in total. The maximum atomic E-state index is 6.20. The molecular formula is C14H14Cl2N2O. The highest BCUT2D eigenvalue weighted by molar-refractivity contribution is 6.32.